The third-order valence-corrected chi connectivity index (χ3v) is 4.44. The Morgan fingerprint density at radius 2 is 1.62 bits per heavy atom. The van der Waals surface area contributed by atoms with E-state index in [9.17, 15) is 23.2 Å². The molecule has 0 radical (unpaired) electrons. The Kier molecular flexibility index (Phi) is 5.24. The molecule has 1 aliphatic rings. The van der Waals surface area contributed by atoms with Crippen LogP contribution in [0.5, 0.6) is 0 Å². The molecule has 0 bridgehead atoms. The summed E-state index contributed by atoms with van der Waals surface area (Å²) in [6, 6.07) is 10.5. The minimum absolute atomic E-state index is 0.0905. The van der Waals surface area contributed by atoms with E-state index in [1.54, 1.807) is 17.0 Å². The van der Waals surface area contributed by atoms with Crippen LogP contribution in [-0.2, 0) is 0 Å². The number of nitriles is 1. The van der Waals surface area contributed by atoms with E-state index in [0.29, 0.717) is 31.7 Å². The zero-order chi connectivity index (χ0) is 18.7. The van der Waals surface area contributed by atoms with Gasteiger partial charge in [0, 0.05) is 31.7 Å². The Balaban J connectivity index is 1.66. The van der Waals surface area contributed by atoms with Crippen LogP contribution >= 0.6 is 0 Å². The van der Waals surface area contributed by atoms with Crippen LogP contribution in [-0.4, -0.2) is 41.9 Å². The number of carbonyl (C=O) groups excluding carboxylic acids is 1. The Morgan fingerprint density at radius 3 is 2.19 bits per heavy atom. The largest absolute Gasteiger partial charge is 0.336 e. The maximum Gasteiger partial charge on any atom is 0.254 e. The molecule has 0 spiro atoms. The van der Waals surface area contributed by atoms with Crippen LogP contribution in [0.1, 0.15) is 22.0 Å². The molecule has 0 aromatic heterocycles. The summed E-state index contributed by atoms with van der Waals surface area (Å²) in [5, 5.41) is 9.47. The fraction of sp³-hybridized carbons (Fsp3) is 0.263. The Hall–Kier alpha value is -2.85. The van der Waals surface area contributed by atoms with Gasteiger partial charge < -0.3 is 4.90 Å². The molecule has 2 aromatic carbocycles. The molecule has 3 rings (SSSR count). The lowest BCUT2D eigenvalue weighted by atomic mass is 10.1. The molecule has 1 atom stereocenters. The van der Waals surface area contributed by atoms with Gasteiger partial charge in [-0.05, 0) is 35.9 Å². The summed E-state index contributed by atoms with van der Waals surface area (Å²) in [6.07, 6.45) is 0. The number of carbonyl (C=O) groups is 1. The number of benzene rings is 2. The van der Waals surface area contributed by atoms with Gasteiger partial charge in [0.05, 0.1) is 6.07 Å². The van der Waals surface area contributed by atoms with Gasteiger partial charge in [-0.1, -0.05) is 12.1 Å². The van der Waals surface area contributed by atoms with E-state index in [0.717, 1.165) is 12.1 Å². The molecule has 1 amide bonds. The first-order chi connectivity index (χ1) is 12.5. The van der Waals surface area contributed by atoms with E-state index < -0.39 is 17.7 Å². The van der Waals surface area contributed by atoms with Crippen molar-refractivity contribution in [2.75, 3.05) is 26.2 Å². The standard InChI is InChI=1S/C19H16F3N3O/c20-15-4-1-13(2-5-15)18(12-23)24-7-9-25(10-8-24)19(26)14-3-6-16(21)17(22)11-14/h1-6,11,18H,7-10H2/t18-/m0/s1. The average Bonchev–Trinajstić information content (AvgIpc) is 2.66. The molecule has 2 aromatic rings. The van der Waals surface area contributed by atoms with Gasteiger partial charge in [-0.15, -0.1) is 0 Å². The van der Waals surface area contributed by atoms with Crippen molar-refractivity contribution in [2.24, 2.45) is 0 Å². The van der Waals surface area contributed by atoms with Gasteiger partial charge >= 0.3 is 0 Å². The van der Waals surface area contributed by atoms with Crippen molar-refractivity contribution in [3.63, 3.8) is 0 Å². The molecular formula is C19H16F3N3O. The molecule has 4 nitrogen and oxygen atoms in total. The molecule has 1 aliphatic heterocycles. The van der Waals surface area contributed by atoms with Gasteiger partial charge in [-0.2, -0.15) is 5.26 Å². The summed E-state index contributed by atoms with van der Waals surface area (Å²) in [6.45, 7) is 1.62. The van der Waals surface area contributed by atoms with Gasteiger partial charge in [0.15, 0.2) is 11.6 Å². The van der Waals surface area contributed by atoms with Gasteiger partial charge in [-0.25, -0.2) is 13.2 Å². The fourth-order valence-corrected chi connectivity index (χ4v) is 3.01. The molecule has 134 valence electrons. The molecule has 0 unspecified atom stereocenters. The van der Waals surface area contributed by atoms with Crippen LogP contribution in [0.2, 0.25) is 0 Å². The maximum absolute atomic E-state index is 13.3. The van der Waals surface area contributed by atoms with Crippen molar-refractivity contribution in [2.45, 2.75) is 6.04 Å². The van der Waals surface area contributed by atoms with E-state index in [1.807, 2.05) is 4.90 Å². The quantitative estimate of drug-likeness (QED) is 0.846. The van der Waals surface area contributed by atoms with Crippen LogP contribution in [0, 0.1) is 28.8 Å². The predicted molar refractivity (Wildman–Crippen MR) is 88.6 cm³/mol. The lowest BCUT2D eigenvalue weighted by Crippen LogP contribution is -2.49. The van der Waals surface area contributed by atoms with E-state index in [1.165, 1.54) is 18.2 Å². The van der Waals surface area contributed by atoms with E-state index in [2.05, 4.69) is 6.07 Å². The number of piperazine rings is 1. The Labute approximate surface area is 149 Å². The fourth-order valence-electron chi connectivity index (χ4n) is 3.01. The van der Waals surface area contributed by atoms with Gasteiger partial charge in [-0.3, -0.25) is 9.69 Å². The van der Waals surface area contributed by atoms with Crippen LogP contribution < -0.4 is 0 Å². The minimum Gasteiger partial charge on any atom is -0.336 e. The van der Waals surface area contributed by atoms with E-state index in [-0.39, 0.29) is 17.3 Å². The van der Waals surface area contributed by atoms with Crippen LogP contribution in [0.15, 0.2) is 42.5 Å². The lowest BCUT2D eigenvalue weighted by molar-refractivity contribution is 0.0605. The van der Waals surface area contributed by atoms with Crippen molar-refractivity contribution < 1.29 is 18.0 Å². The first-order valence-electron chi connectivity index (χ1n) is 8.13. The number of halogens is 3. The normalized spacial score (nSPS) is 16.2. The average molecular weight is 359 g/mol. The zero-order valence-electron chi connectivity index (χ0n) is 13.8. The summed E-state index contributed by atoms with van der Waals surface area (Å²) in [4.78, 5) is 15.9. The molecule has 0 N–H and O–H groups in total. The number of hydrogen-bond acceptors (Lipinski definition) is 3. The first-order valence-corrected chi connectivity index (χ1v) is 8.13. The van der Waals surface area contributed by atoms with Gasteiger partial charge in [0.1, 0.15) is 11.9 Å². The molecule has 1 fully saturated rings. The number of nitrogens with zero attached hydrogens (tertiary/aromatic N) is 3. The highest BCUT2D eigenvalue weighted by Crippen LogP contribution is 2.22. The summed E-state index contributed by atoms with van der Waals surface area (Å²) >= 11 is 0. The lowest BCUT2D eigenvalue weighted by Gasteiger charge is -2.37. The van der Waals surface area contributed by atoms with Crippen LogP contribution in [0.4, 0.5) is 13.2 Å². The molecule has 1 heterocycles. The molecule has 7 heteroatoms. The van der Waals surface area contributed by atoms with Crippen molar-refractivity contribution >= 4 is 5.91 Å². The number of hydrogen-bond donors (Lipinski definition) is 0. The number of amides is 1. The summed E-state index contributed by atoms with van der Waals surface area (Å²) < 4.78 is 39.4. The monoisotopic (exact) mass is 359 g/mol. The highest BCUT2D eigenvalue weighted by molar-refractivity contribution is 5.94. The van der Waals surface area contributed by atoms with Gasteiger partial charge in [0.2, 0.25) is 0 Å². The molecule has 26 heavy (non-hydrogen) atoms. The van der Waals surface area contributed by atoms with Crippen molar-refractivity contribution in [1.29, 1.82) is 5.26 Å². The second-order valence-electron chi connectivity index (χ2n) is 6.04. The van der Waals surface area contributed by atoms with Crippen LogP contribution in [0.25, 0.3) is 0 Å². The summed E-state index contributed by atoms with van der Waals surface area (Å²) in [7, 11) is 0. The highest BCUT2D eigenvalue weighted by atomic mass is 19.2. The van der Waals surface area contributed by atoms with E-state index in [4.69, 9.17) is 0 Å². The third kappa shape index (κ3) is 3.70. The topological polar surface area (TPSA) is 47.3 Å². The zero-order valence-corrected chi connectivity index (χ0v) is 13.8. The minimum atomic E-state index is -1.06. The Morgan fingerprint density at radius 1 is 0.962 bits per heavy atom. The maximum atomic E-state index is 13.3. The Bertz CT molecular complexity index is 840. The smallest absolute Gasteiger partial charge is 0.254 e. The van der Waals surface area contributed by atoms with Crippen molar-refractivity contribution in [3.05, 3.63) is 71.0 Å². The summed E-state index contributed by atoms with van der Waals surface area (Å²) in [5.41, 5.74) is 0.780. The first kappa shape index (κ1) is 18.0. The molecule has 1 saturated heterocycles. The van der Waals surface area contributed by atoms with Crippen LogP contribution in [0.3, 0.4) is 0 Å². The van der Waals surface area contributed by atoms with Crippen molar-refractivity contribution in [3.8, 4) is 6.07 Å². The third-order valence-electron chi connectivity index (χ3n) is 4.44. The second-order valence-corrected chi connectivity index (χ2v) is 6.04. The van der Waals surface area contributed by atoms with E-state index >= 15 is 0 Å². The molecule has 0 aliphatic carbocycles. The molecule has 0 saturated carbocycles. The van der Waals surface area contributed by atoms with Crippen molar-refractivity contribution in [1.82, 2.24) is 9.80 Å². The van der Waals surface area contributed by atoms with Gasteiger partial charge in [0.25, 0.3) is 5.91 Å². The molecular weight excluding hydrogens is 343 g/mol. The second kappa shape index (κ2) is 7.58. The highest BCUT2D eigenvalue weighted by Gasteiger charge is 2.27. The predicted octanol–water partition coefficient (Wildman–Crippen LogP) is 3.13. The number of rotatable bonds is 3. The SMILES string of the molecule is N#C[C@@H](c1ccc(F)cc1)N1CCN(C(=O)c2ccc(F)c(F)c2)CC1. The summed E-state index contributed by atoms with van der Waals surface area (Å²) in [5.74, 6) is -2.80.